The van der Waals surface area contributed by atoms with E-state index >= 15 is 8.78 Å². The van der Waals surface area contributed by atoms with Gasteiger partial charge in [0, 0.05) is 124 Å². The molecule has 4 aliphatic rings. The Kier molecular flexibility index (Phi) is 14.5. The lowest BCUT2D eigenvalue weighted by Crippen LogP contribution is -2.48. The Bertz CT molecular complexity index is 3310. The van der Waals surface area contributed by atoms with Crippen molar-refractivity contribution in [3.63, 3.8) is 0 Å². The Morgan fingerprint density at radius 3 is 2.48 bits per heavy atom. The molecule has 0 saturated carbocycles. The summed E-state index contributed by atoms with van der Waals surface area (Å²) in [6.45, 7) is 12.7. The van der Waals surface area contributed by atoms with Crippen LogP contribution in [0.25, 0.3) is 32.5 Å². The number of ether oxygens (including phenoxy) is 1. The first-order valence-corrected chi connectivity index (χ1v) is 27.6. The topological polar surface area (TPSA) is 180 Å². The number of aromatic nitrogens is 6. The zero-order valence-corrected chi connectivity index (χ0v) is 45.1. The lowest BCUT2D eigenvalue weighted by molar-refractivity contribution is -0.141. The monoisotopic (exact) mass is 1070 g/mol. The minimum absolute atomic E-state index is 0.0155. The molecule has 2 N–H and O–H groups in total. The molecule has 0 radical (unpaired) electrons. The molecule has 0 bridgehead atoms. The molecule has 77 heavy (non-hydrogen) atoms. The van der Waals surface area contributed by atoms with Crippen LogP contribution in [0.2, 0.25) is 0 Å². The number of halogens is 2. The van der Waals surface area contributed by atoms with E-state index in [1.807, 2.05) is 87.7 Å². The number of nitrogens with zero attached hydrogens (tertiary/aromatic N) is 10. The summed E-state index contributed by atoms with van der Waals surface area (Å²) >= 11 is 1.58. The predicted octanol–water partition coefficient (Wildman–Crippen LogP) is 9.31. The van der Waals surface area contributed by atoms with Crippen molar-refractivity contribution < 1.29 is 37.5 Å². The Balaban J connectivity index is 0.803. The second-order valence-electron chi connectivity index (χ2n) is 21.4. The van der Waals surface area contributed by atoms with Gasteiger partial charge in [-0.25, -0.2) is 13.8 Å². The van der Waals surface area contributed by atoms with Gasteiger partial charge in [0.2, 0.25) is 17.7 Å². The van der Waals surface area contributed by atoms with Crippen molar-refractivity contribution in [1.29, 1.82) is 0 Å². The van der Waals surface area contributed by atoms with Crippen molar-refractivity contribution >= 4 is 57.3 Å². The van der Waals surface area contributed by atoms with Crippen molar-refractivity contribution in [2.45, 2.75) is 116 Å². The first-order valence-electron chi connectivity index (χ1n) is 26.7. The maximum absolute atomic E-state index is 15.4. The molecule has 9 heterocycles. The van der Waals surface area contributed by atoms with Crippen LogP contribution in [0.15, 0.2) is 83.2 Å². The van der Waals surface area contributed by atoms with E-state index in [1.165, 1.54) is 4.90 Å². The molecule has 0 aliphatic carbocycles. The molecule has 5 aromatic heterocycles. The highest BCUT2D eigenvalue weighted by Crippen LogP contribution is 2.43. The molecule has 3 amide bonds. The van der Waals surface area contributed by atoms with Gasteiger partial charge >= 0.3 is 0 Å². The summed E-state index contributed by atoms with van der Waals surface area (Å²) in [6.07, 6.45) is 4.86. The van der Waals surface area contributed by atoms with Crippen LogP contribution < -0.4 is 15.1 Å². The fourth-order valence-electron chi connectivity index (χ4n) is 12.0. The van der Waals surface area contributed by atoms with E-state index in [1.54, 1.807) is 53.8 Å². The average Bonchev–Trinajstić information content (AvgIpc) is 4.45. The van der Waals surface area contributed by atoms with E-state index in [-0.39, 0.29) is 60.3 Å². The SMILES string of the molecule is CC(=O)N1CCc2c(c(N(C)c3ccc(-c4cn([C@@H]5CCN(c6cc([C@H](C(=O)N7C[C@H](O)C[C@H]7C(=O)N[C@@H](C)c7ccc(-c8scnc8C)cc7)C(C)C)on6)C5)c5ccncc45)c(C(F)F)c3)nn2C2CCOCC2)C1. The largest absolute Gasteiger partial charge is 0.391 e. The lowest BCUT2D eigenvalue weighted by atomic mass is 9.91. The van der Waals surface area contributed by atoms with Crippen molar-refractivity contribution in [1.82, 2.24) is 44.6 Å². The minimum atomic E-state index is -2.80. The second-order valence-corrected chi connectivity index (χ2v) is 22.3. The zero-order valence-electron chi connectivity index (χ0n) is 44.2. The molecule has 3 fully saturated rings. The molecule has 3 saturated heterocycles. The number of thiazole rings is 1. The number of anilines is 3. The van der Waals surface area contributed by atoms with Crippen LogP contribution >= 0.6 is 11.3 Å². The lowest BCUT2D eigenvalue weighted by Gasteiger charge is -2.29. The number of fused-ring (bicyclic) bond motifs is 2. The van der Waals surface area contributed by atoms with Crippen molar-refractivity contribution in [2.24, 2.45) is 5.92 Å². The number of alkyl halides is 2. The molecule has 5 atom stereocenters. The Morgan fingerprint density at radius 1 is 0.961 bits per heavy atom. The van der Waals surface area contributed by atoms with Crippen LogP contribution in [0, 0.1) is 12.8 Å². The fraction of sp³-hybridized carbons (Fsp3) is 0.456. The number of likely N-dealkylation sites (tertiary alicyclic amines) is 1. The molecule has 2 aromatic carbocycles. The minimum Gasteiger partial charge on any atom is -0.391 e. The number of nitrogens with one attached hydrogen (secondary N) is 1. The van der Waals surface area contributed by atoms with E-state index in [0.717, 1.165) is 56.7 Å². The van der Waals surface area contributed by atoms with E-state index in [0.29, 0.717) is 86.4 Å². The highest BCUT2D eigenvalue weighted by Gasteiger charge is 2.44. The summed E-state index contributed by atoms with van der Waals surface area (Å²) in [5.74, 6) is -0.104. The molecule has 0 unspecified atom stereocenters. The smallest absolute Gasteiger partial charge is 0.264 e. The standard InChI is InChI=1S/C57H65F2N11O6S/c1-32(2)52(57(74)69-28-41(72)24-49(69)56(73)62-33(3)36-7-9-37(10-8-36)53-34(4)61-31-77-53)50-25-51(64-76-50)67-19-14-40(27-67)68-30-45(44-26-60-18-13-47(44)68)42-12-11-39(23-43(42)54(58)59)65(6)55-46-29-66(35(5)71)20-15-48(46)70(63-55)38-16-21-75-22-17-38/h7-13,18,23,25-26,30-33,38,40-41,49,52,54,72H,14-17,19-22,24,27-29H2,1-6H3,(H,62,73)/t33-,40+,41+,49-,52+/m0/s1. The number of pyridine rings is 1. The Morgan fingerprint density at radius 2 is 1.75 bits per heavy atom. The van der Waals surface area contributed by atoms with Gasteiger partial charge in [-0.2, -0.15) is 5.10 Å². The van der Waals surface area contributed by atoms with E-state index in [4.69, 9.17) is 14.4 Å². The Labute approximate surface area is 449 Å². The van der Waals surface area contributed by atoms with Gasteiger partial charge in [-0.05, 0) is 73.9 Å². The fourth-order valence-corrected chi connectivity index (χ4v) is 12.8. The number of rotatable bonds is 14. The van der Waals surface area contributed by atoms with E-state index in [2.05, 4.69) is 34.6 Å². The summed E-state index contributed by atoms with van der Waals surface area (Å²) in [6, 6.07) is 15.7. The van der Waals surface area contributed by atoms with E-state index in [9.17, 15) is 19.5 Å². The molecule has 7 aromatic rings. The van der Waals surface area contributed by atoms with Gasteiger partial charge in [-0.15, -0.1) is 11.3 Å². The molecular formula is C57H65F2N11O6S. The summed E-state index contributed by atoms with van der Waals surface area (Å²) in [4.78, 5) is 58.2. The number of aryl methyl sites for hydroxylation is 1. The third-order valence-electron chi connectivity index (χ3n) is 16.2. The second kappa shape index (κ2) is 21.4. The first kappa shape index (κ1) is 52.0. The number of amides is 3. The normalized spacial score (nSPS) is 19.9. The highest BCUT2D eigenvalue weighted by molar-refractivity contribution is 7.13. The van der Waals surface area contributed by atoms with Crippen molar-refractivity contribution in [3.05, 3.63) is 113 Å². The third kappa shape index (κ3) is 9.99. The number of hydrogen-bond donors (Lipinski definition) is 2. The van der Waals surface area contributed by atoms with Crippen molar-refractivity contribution in [2.75, 3.05) is 56.2 Å². The van der Waals surface area contributed by atoms with Gasteiger partial charge in [0.1, 0.15) is 12.0 Å². The van der Waals surface area contributed by atoms with Crippen molar-refractivity contribution in [3.8, 4) is 21.6 Å². The summed E-state index contributed by atoms with van der Waals surface area (Å²) < 4.78 is 46.8. The van der Waals surface area contributed by atoms with Crippen LogP contribution in [0.5, 0.6) is 0 Å². The van der Waals surface area contributed by atoms with Gasteiger partial charge in [0.05, 0.1) is 52.4 Å². The summed E-state index contributed by atoms with van der Waals surface area (Å²) in [7, 11) is 1.85. The quantitative estimate of drug-likeness (QED) is 0.106. The van der Waals surface area contributed by atoms with Crippen LogP contribution in [0.1, 0.15) is 118 Å². The number of aliphatic hydroxyl groups is 1. The molecule has 20 heteroatoms. The van der Waals surface area contributed by atoms with Gasteiger partial charge in [0.25, 0.3) is 6.43 Å². The number of aliphatic hydroxyl groups excluding tert-OH is 1. The number of carbonyl (C=O) groups is 3. The Hall–Kier alpha value is -7.03. The first-order chi connectivity index (χ1) is 37.1. The molecule has 17 nitrogen and oxygen atoms in total. The third-order valence-corrected chi connectivity index (χ3v) is 17.2. The molecule has 4 aliphatic heterocycles. The van der Waals surface area contributed by atoms with Gasteiger partial charge in [-0.3, -0.25) is 24.0 Å². The van der Waals surface area contributed by atoms with Gasteiger partial charge in [-0.1, -0.05) is 49.3 Å². The zero-order chi connectivity index (χ0) is 53.8. The summed E-state index contributed by atoms with van der Waals surface area (Å²) in [5, 5.41) is 24.3. The average molecular weight is 1070 g/mol. The predicted molar refractivity (Wildman–Crippen MR) is 289 cm³/mol. The highest BCUT2D eigenvalue weighted by atomic mass is 32.1. The van der Waals surface area contributed by atoms with E-state index < -0.39 is 24.5 Å². The maximum atomic E-state index is 15.4. The van der Waals surface area contributed by atoms with Crippen LogP contribution in [0.4, 0.5) is 26.1 Å². The van der Waals surface area contributed by atoms with Crippen LogP contribution in [-0.4, -0.2) is 121 Å². The molecule has 11 rings (SSSR count). The maximum Gasteiger partial charge on any atom is 0.264 e. The van der Waals surface area contributed by atoms with Gasteiger partial charge in [0.15, 0.2) is 17.4 Å². The molecule has 0 spiro atoms. The number of benzene rings is 2. The van der Waals surface area contributed by atoms with Crippen LogP contribution in [-0.2, 0) is 32.1 Å². The summed E-state index contributed by atoms with van der Waals surface area (Å²) in [5.41, 5.74) is 9.09. The van der Waals surface area contributed by atoms with Gasteiger partial charge < -0.3 is 43.9 Å². The number of β-amino-alcohol motifs (C(OH)–C–C–N with tert-alkyl or cyclic N) is 1. The number of hydrogen-bond acceptors (Lipinski definition) is 13. The van der Waals surface area contributed by atoms with Crippen LogP contribution in [0.3, 0.4) is 0 Å². The number of carbonyl (C=O) groups excluding carboxylic acids is 3. The molecule has 404 valence electrons. The molecular weight excluding hydrogens is 1000 g/mol.